The van der Waals surface area contributed by atoms with Crippen LogP contribution in [0.5, 0.6) is 0 Å². The summed E-state index contributed by atoms with van der Waals surface area (Å²) in [5.74, 6) is 1.73. The van der Waals surface area contributed by atoms with Gasteiger partial charge in [0, 0.05) is 18.4 Å². The van der Waals surface area contributed by atoms with Crippen LogP contribution in [0.1, 0.15) is 32.1 Å². The molecule has 6 nitrogen and oxygen atoms in total. The molecule has 0 saturated heterocycles. The summed E-state index contributed by atoms with van der Waals surface area (Å²) in [5, 5.41) is 3.95. The van der Waals surface area contributed by atoms with E-state index in [1.165, 1.54) is 0 Å². The number of aromatic amines is 1. The highest BCUT2D eigenvalue weighted by Crippen LogP contribution is 2.39. The van der Waals surface area contributed by atoms with Crippen molar-refractivity contribution in [2.75, 3.05) is 0 Å². The molecule has 2 aromatic rings. The molecular formula is C11H15N5O. The van der Waals surface area contributed by atoms with Crippen molar-refractivity contribution in [2.24, 2.45) is 5.73 Å². The topological polar surface area (TPSA) is 93.6 Å². The van der Waals surface area contributed by atoms with E-state index in [1.54, 1.807) is 12.4 Å². The SMILES string of the molecule is CC1(c2nc(-c3ncc[nH]3)no2)CCCC1N. The van der Waals surface area contributed by atoms with Crippen molar-refractivity contribution >= 4 is 0 Å². The average Bonchev–Trinajstić information content (AvgIpc) is 3.01. The zero-order valence-electron chi connectivity index (χ0n) is 9.68. The number of nitrogens with one attached hydrogen (secondary N) is 1. The van der Waals surface area contributed by atoms with Crippen molar-refractivity contribution in [3.8, 4) is 11.6 Å². The maximum atomic E-state index is 6.12. The first-order chi connectivity index (χ1) is 8.20. The van der Waals surface area contributed by atoms with Gasteiger partial charge < -0.3 is 15.2 Å². The van der Waals surface area contributed by atoms with E-state index in [9.17, 15) is 0 Å². The van der Waals surface area contributed by atoms with Gasteiger partial charge in [0.15, 0.2) is 5.82 Å². The fraction of sp³-hybridized carbons (Fsp3) is 0.545. The van der Waals surface area contributed by atoms with E-state index < -0.39 is 0 Å². The lowest BCUT2D eigenvalue weighted by Gasteiger charge is -2.23. The van der Waals surface area contributed by atoms with Crippen LogP contribution in [0.2, 0.25) is 0 Å². The lowest BCUT2D eigenvalue weighted by molar-refractivity contribution is 0.278. The first-order valence-corrected chi connectivity index (χ1v) is 5.80. The van der Waals surface area contributed by atoms with E-state index in [0.29, 0.717) is 17.5 Å². The second-order valence-electron chi connectivity index (χ2n) is 4.78. The van der Waals surface area contributed by atoms with Crippen molar-refractivity contribution in [3.63, 3.8) is 0 Å². The average molecular weight is 233 g/mol. The minimum Gasteiger partial charge on any atom is -0.342 e. The summed E-state index contributed by atoms with van der Waals surface area (Å²) in [5.41, 5.74) is 5.93. The molecular weight excluding hydrogens is 218 g/mol. The standard InChI is InChI=1S/C11H15N5O/c1-11(4-2-3-7(11)12)10-15-9(16-17-10)8-13-5-6-14-8/h5-7H,2-4,12H2,1H3,(H,13,14). The molecule has 3 rings (SSSR count). The fourth-order valence-electron chi connectivity index (χ4n) is 2.40. The van der Waals surface area contributed by atoms with E-state index in [2.05, 4.69) is 27.0 Å². The van der Waals surface area contributed by atoms with Crippen molar-refractivity contribution in [1.29, 1.82) is 0 Å². The predicted octanol–water partition coefficient (Wildman–Crippen LogP) is 1.23. The maximum Gasteiger partial charge on any atom is 0.238 e. The molecule has 17 heavy (non-hydrogen) atoms. The Morgan fingerprint density at radius 2 is 2.47 bits per heavy atom. The first kappa shape index (κ1) is 10.5. The van der Waals surface area contributed by atoms with Gasteiger partial charge in [-0.25, -0.2) is 4.98 Å². The number of imidazole rings is 1. The van der Waals surface area contributed by atoms with Gasteiger partial charge in [-0.2, -0.15) is 4.98 Å². The predicted molar refractivity (Wildman–Crippen MR) is 61.1 cm³/mol. The van der Waals surface area contributed by atoms with E-state index in [-0.39, 0.29) is 11.5 Å². The molecule has 2 heterocycles. The summed E-state index contributed by atoms with van der Waals surface area (Å²) in [4.78, 5) is 11.5. The molecule has 0 aliphatic heterocycles. The number of hydrogen-bond donors (Lipinski definition) is 2. The molecule has 2 aromatic heterocycles. The van der Waals surface area contributed by atoms with Gasteiger partial charge in [0.2, 0.25) is 11.7 Å². The van der Waals surface area contributed by atoms with Crippen LogP contribution in [-0.2, 0) is 5.41 Å². The van der Waals surface area contributed by atoms with Crippen LogP contribution in [0, 0.1) is 0 Å². The Morgan fingerprint density at radius 1 is 1.59 bits per heavy atom. The highest BCUT2D eigenvalue weighted by atomic mass is 16.5. The smallest absolute Gasteiger partial charge is 0.238 e. The molecule has 0 aromatic carbocycles. The largest absolute Gasteiger partial charge is 0.342 e. The van der Waals surface area contributed by atoms with E-state index in [4.69, 9.17) is 10.3 Å². The van der Waals surface area contributed by atoms with Crippen LogP contribution in [0.15, 0.2) is 16.9 Å². The van der Waals surface area contributed by atoms with Crippen molar-refractivity contribution in [1.82, 2.24) is 20.1 Å². The Balaban J connectivity index is 1.95. The van der Waals surface area contributed by atoms with Gasteiger partial charge in [0.1, 0.15) is 0 Å². The Kier molecular flexibility index (Phi) is 2.25. The Hall–Kier alpha value is -1.69. The Morgan fingerprint density at radius 3 is 3.12 bits per heavy atom. The molecule has 6 heteroatoms. The summed E-state index contributed by atoms with van der Waals surface area (Å²) in [6.45, 7) is 2.09. The van der Waals surface area contributed by atoms with Crippen LogP contribution in [0.3, 0.4) is 0 Å². The molecule has 1 saturated carbocycles. The van der Waals surface area contributed by atoms with Crippen molar-refractivity contribution < 1.29 is 4.52 Å². The lowest BCUT2D eigenvalue weighted by atomic mass is 9.85. The molecule has 2 atom stereocenters. The minimum atomic E-state index is -0.197. The van der Waals surface area contributed by atoms with E-state index >= 15 is 0 Å². The van der Waals surface area contributed by atoms with Gasteiger partial charge in [0.05, 0.1) is 5.41 Å². The third kappa shape index (κ3) is 1.56. The van der Waals surface area contributed by atoms with Gasteiger partial charge in [-0.1, -0.05) is 11.6 Å². The van der Waals surface area contributed by atoms with E-state index in [1.807, 2.05) is 0 Å². The fourth-order valence-corrected chi connectivity index (χ4v) is 2.40. The second kappa shape index (κ2) is 3.66. The van der Waals surface area contributed by atoms with Crippen LogP contribution >= 0.6 is 0 Å². The third-order valence-electron chi connectivity index (χ3n) is 3.65. The highest BCUT2D eigenvalue weighted by Gasteiger charge is 2.42. The maximum absolute atomic E-state index is 6.12. The molecule has 0 spiro atoms. The number of nitrogens with zero attached hydrogens (tertiary/aromatic N) is 3. The number of hydrogen-bond acceptors (Lipinski definition) is 5. The summed E-state index contributed by atoms with van der Waals surface area (Å²) in [6.07, 6.45) is 6.50. The lowest BCUT2D eigenvalue weighted by Crippen LogP contribution is -2.38. The molecule has 3 N–H and O–H groups in total. The summed E-state index contributed by atoms with van der Waals surface area (Å²) in [6, 6.07) is 0.0902. The number of aromatic nitrogens is 4. The minimum absolute atomic E-state index is 0.0902. The number of nitrogens with two attached hydrogens (primary N) is 1. The van der Waals surface area contributed by atoms with Crippen LogP contribution in [0.25, 0.3) is 11.6 Å². The Bertz CT molecular complexity index is 506. The zero-order valence-corrected chi connectivity index (χ0v) is 9.68. The molecule has 0 radical (unpaired) electrons. The third-order valence-corrected chi connectivity index (χ3v) is 3.65. The normalized spacial score (nSPS) is 28.7. The molecule has 1 fully saturated rings. The van der Waals surface area contributed by atoms with Gasteiger partial charge in [-0.05, 0) is 19.8 Å². The first-order valence-electron chi connectivity index (χ1n) is 5.80. The van der Waals surface area contributed by atoms with Gasteiger partial charge >= 0.3 is 0 Å². The molecule has 1 aliphatic carbocycles. The molecule has 2 unspecified atom stereocenters. The molecule has 0 amide bonds. The molecule has 0 bridgehead atoms. The highest BCUT2D eigenvalue weighted by molar-refractivity contribution is 5.41. The summed E-state index contributed by atoms with van der Waals surface area (Å²) in [7, 11) is 0. The van der Waals surface area contributed by atoms with Crippen molar-refractivity contribution in [3.05, 3.63) is 18.3 Å². The zero-order chi connectivity index (χ0) is 11.9. The van der Waals surface area contributed by atoms with Gasteiger partial charge in [0.25, 0.3) is 0 Å². The molecule has 90 valence electrons. The van der Waals surface area contributed by atoms with Crippen LogP contribution < -0.4 is 5.73 Å². The van der Waals surface area contributed by atoms with Crippen LogP contribution in [0.4, 0.5) is 0 Å². The van der Waals surface area contributed by atoms with Crippen molar-refractivity contribution in [2.45, 2.75) is 37.6 Å². The van der Waals surface area contributed by atoms with Gasteiger partial charge in [-0.3, -0.25) is 0 Å². The number of H-pyrrole nitrogens is 1. The summed E-state index contributed by atoms with van der Waals surface area (Å²) >= 11 is 0. The number of rotatable bonds is 2. The van der Waals surface area contributed by atoms with Gasteiger partial charge in [-0.15, -0.1) is 0 Å². The summed E-state index contributed by atoms with van der Waals surface area (Å²) < 4.78 is 5.34. The quantitative estimate of drug-likeness (QED) is 0.813. The monoisotopic (exact) mass is 233 g/mol. The van der Waals surface area contributed by atoms with E-state index in [0.717, 1.165) is 19.3 Å². The second-order valence-corrected chi connectivity index (χ2v) is 4.78. The molecule has 1 aliphatic rings. The van der Waals surface area contributed by atoms with Crippen LogP contribution in [-0.4, -0.2) is 26.2 Å². The Labute approximate surface area is 98.6 Å².